The Bertz CT molecular complexity index is 416. The molecule has 0 aliphatic heterocycles. The number of aliphatic carboxylic acids is 1. The van der Waals surface area contributed by atoms with Crippen LogP contribution < -0.4 is 10.6 Å². The lowest BCUT2D eigenvalue weighted by molar-refractivity contribution is -0.137. The van der Waals surface area contributed by atoms with Gasteiger partial charge in [0.05, 0.1) is 12.2 Å². The van der Waals surface area contributed by atoms with Crippen LogP contribution >= 0.6 is 0 Å². The van der Waals surface area contributed by atoms with Crippen LogP contribution in [0.25, 0.3) is 0 Å². The van der Waals surface area contributed by atoms with E-state index in [1.165, 1.54) is 0 Å². The molecule has 0 aliphatic carbocycles. The Morgan fingerprint density at radius 3 is 2.78 bits per heavy atom. The van der Waals surface area contributed by atoms with Gasteiger partial charge in [-0.05, 0) is 12.8 Å². The number of hydrogen-bond donors (Lipinski definition) is 3. The lowest BCUT2D eigenvalue weighted by Crippen LogP contribution is -2.37. The molecule has 0 bridgehead atoms. The number of aryl methyl sites for hydroxylation is 1. The average molecular weight is 255 g/mol. The van der Waals surface area contributed by atoms with Crippen molar-refractivity contribution in [2.75, 3.05) is 6.54 Å². The van der Waals surface area contributed by atoms with Gasteiger partial charge in [0.2, 0.25) is 0 Å². The Hall–Kier alpha value is -2.05. The fourth-order valence-corrected chi connectivity index (χ4v) is 1.37. The predicted octanol–water partition coefficient (Wildman–Crippen LogP) is 0.893. The summed E-state index contributed by atoms with van der Waals surface area (Å²) in [5.41, 5.74) is 0.752. The highest BCUT2D eigenvalue weighted by Crippen LogP contribution is 2.01. The fraction of sp³-hybridized carbons (Fsp3) is 0.545. The van der Waals surface area contributed by atoms with Crippen LogP contribution in [0.2, 0.25) is 0 Å². The molecule has 7 heteroatoms. The number of carbonyl (C=O) groups is 2. The van der Waals surface area contributed by atoms with E-state index < -0.39 is 5.97 Å². The molecule has 7 nitrogen and oxygen atoms in total. The third-order valence-electron chi connectivity index (χ3n) is 2.23. The summed E-state index contributed by atoms with van der Waals surface area (Å²) in [6.07, 6.45) is 0.0293. The van der Waals surface area contributed by atoms with Crippen LogP contribution in [0, 0.1) is 12.8 Å². The maximum Gasteiger partial charge on any atom is 0.315 e. The summed E-state index contributed by atoms with van der Waals surface area (Å²) in [5, 5.41) is 17.4. The van der Waals surface area contributed by atoms with Crippen molar-refractivity contribution < 1.29 is 19.2 Å². The number of hydrogen-bond acceptors (Lipinski definition) is 4. The number of nitrogens with zero attached hydrogens (tertiary/aromatic N) is 1. The zero-order valence-corrected chi connectivity index (χ0v) is 10.4. The first-order chi connectivity index (χ1) is 8.47. The van der Waals surface area contributed by atoms with Gasteiger partial charge in [0.15, 0.2) is 5.76 Å². The van der Waals surface area contributed by atoms with E-state index in [-0.39, 0.29) is 24.9 Å². The van der Waals surface area contributed by atoms with Crippen molar-refractivity contribution in [1.29, 1.82) is 0 Å². The second-order valence-corrected chi connectivity index (χ2v) is 4.20. The predicted molar refractivity (Wildman–Crippen MR) is 62.9 cm³/mol. The van der Waals surface area contributed by atoms with Gasteiger partial charge in [0, 0.05) is 19.0 Å². The molecule has 2 amide bonds. The highest BCUT2D eigenvalue weighted by Gasteiger charge is 2.09. The normalized spacial score (nSPS) is 11.9. The summed E-state index contributed by atoms with van der Waals surface area (Å²) in [6, 6.07) is 1.37. The standard InChI is InChI=1S/C11H17N3O4/c1-7(3-10(15)16)5-12-11(17)13-6-9-4-8(2)14-18-9/h4,7H,3,5-6H2,1-2H3,(H,15,16)(H2,12,13,17). The Kier molecular flexibility index (Phi) is 5.16. The van der Waals surface area contributed by atoms with E-state index in [0.29, 0.717) is 12.3 Å². The van der Waals surface area contributed by atoms with E-state index in [9.17, 15) is 9.59 Å². The highest BCUT2D eigenvalue weighted by molar-refractivity contribution is 5.73. The zero-order valence-electron chi connectivity index (χ0n) is 10.4. The summed E-state index contributed by atoms with van der Waals surface area (Å²) < 4.78 is 4.92. The van der Waals surface area contributed by atoms with Crippen LogP contribution in [-0.4, -0.2) is 28.8 Å². The maximum absolute atomic E-state index is 11.4. The number of urea groups is 1. The molecular formula is C11H17N3O4. The van der Waals surface area contributed by atoms with Gasteiger partial charge in [-0.25, -0.2) is 4.79 Å². The lowest BCUT2D eigenvalue weighted by Gasteiger charge is -2.10. The SMILES string of the molecule is Cc1cc(CNC(=O)NCC(C)CC(=O)O)on1. The maximum atomic E-state index is 11.4. The van der Waals surface area contributed by atoms with Crippen LogP contribution in [0.5, 0.6) is 0 Å². The van der Waals surface area contributed by atoms with Gasteiger partial charge in [0.25, 0.3) is 0 Å². The van der Waals surface area contributed by atoms with Crippen molar-refractivity contribution >= 4 is 12.0 Å². The number of nitrogens with one attached hydrogen (secondary N) is 2. The van der Waals surface area contributed by atoms with E-state index in [2.05, 4.69) is 15.8 Å². The molecule has 1 aromatic rings. The van der Waals surface area contributed by atoms with Crippen molar-refractivity contribution in [3.8, 4) is 0 Å². The first-order valence-corrected chi connectivity index (χ1v) is 5.63. The zero-order chi connectivity index (χ0) is 13.5. The highest BCUT2D eigenvalue weighted by atomic mass is 16.5. The molecule has 1 atom stereocenters. The number of amides is 2. The molecule has 1 aromatic heterocycles. The van der Waals surface area contributed by atoms with E-state index in [1.807, 2.05) is 0 Å². The Labute approximate surface area is 105 Å². The molecule has 100 valence electrons. The largest absolute Gasteiger partial charge is 0.481 e. The molecule has 3 N–H and O–H groups in total. The molecule has 1 unspecified atom stereocenters. The second kappa shape index (κ2) is 6.63. The minimum atomic E-state index is -0.873. The number of aromatic nitrogens is 1. The van der Waals surface area contributed by atoms with Gasteiger partial charge in [-0.3, -0.25) is 4.79 Å². The molecule has 0 saturated carbocycles. The van der Waals surface area contributed by atoms with Gasteiger partial charge < -0.3 is 20.3 Å². The summed E-state index contributed by atoms with van der Waals surface area (Å²) in [5.74, 6) is -0.413. The number of carboxylic acid groups (broad SMARTS) is 1. The number of carboxylic acids is 1. The van der Waals surface area contributed by atoms with Gasteiger partial charge in [-0.1, -0.05) is 12.1 Å². The number of rotatable bonds is 6. The van der Waals surface area contributed by atoms with E-state index in [0.717, 1.165) is 5.69 Å². The minimum Gasteiger partial charge on any atom is -0.481 e. The van der Waals surface area contributed by atoms with Gasteiger partial charge in [0.1, 0.15) is 0 Å². The summed E-state index contributed by atoms with van der Waals surface area (Å²) >= 11 is 0. The third kappa shape index (κ3) is 5.33. The summed E-state index contributed by atoms with van der Waals surface area (Å²) in [4.78, 5) is 21.8. The average Bonchev–Trinajstić information content (AvgIpc) is 2.69. The van der Waals surface area contributed by atoms with Crippen LogP contribution in [-0.2, 0) is 11.3 Å². The quantitative estimate of drug-likeness (QED) is 0.700. The molecule has 1 rings (SSSR count). The van der Waals surface area contributed by atoms with Crippen LogP contribution in [0.15, 0.2) is 10.6 Å². The molecule has 0 spiro atoms. The van der Waals surface area contributed by atoms with Crippen molar-refractivity contribution in [2.24, 2.45) is 5.92 Å². The van der Waals surface area contributed by atoms with Crippen LogP contribution in [0.3, 0.4) is 0 Å². The first kappa shape index (κ1) is 14.0. The number of carbonyl (C=O) groups excluding carboxylic acids is 1. The second-order valence-electron chi connectivity index (χ2n) is 4.20. The smallest absolute Gasteiger partial charge is 0.315 e. The van der Waals surface area contributed by atoms with Gasteiger partial charge >= 0.3 is 12.0 Å². The summed E-state index contributed by atoms with van der Waals surface area (Å²) in [6.45, 7) is 4.11. The van der Waals surface area contributed by atoms with Gasteiger partial charge in [-0.2, -0.15) is 0 Å². The van der Waals surface area contributed by atoms with Crippen LogP contribution in [0.4, 0.5) is 4.79 Å². The molecule has 0 aromatic carbocycles. The molecule has 0 radical (unpaired) electrons. The molecule has 1 heterocycles. The van der Waals surface area contributed by atoms with Crippen LogP contribution in [0.1, 0.15) is 24.8 Å². The lowest BCUT2D eigenvalue weighted by atomic mass is 10.1. The van der Waals surface area contributed by atoms with Crippen molar-refractivity contribution in [3.05, 3.63) is 17.5 Å². The molecule has 0 aliphatic rings. The molecule has 18 heavy (non-hydrogen) atoms. The van der Waals surface area contributed by atoms with E-state index in [4.69, 9.17) is 9.63 Å². The van der Waals surface area contributed by atoms with E-state index >= 15 is 0 Å². The Morgan fingerprint density at radius 1 is 1.50 bits per heavy atom. The van der Waals surface area contributed by atoms with E-state index in [1.54, 1.807) is 19.9 Å². The van der Waals surface area contributed by atoms with Crippen molar-refractivity contribution in [3.63, 3.8) is 0 Å². The first-order valence-electron chi connectivity index (χ1n) is 5.63. The molecule has 0 fully saturated rings. The Balaban J connectivity index is 2.19. The third-order valence-corrected chi connectivity index (χ3v) is 2.23. The molecule has 0 saturated heterocycles. The fourth-order valence-electron chi connectivity index (χ4n) is 1.37. The van der Waals surface area contributed by atoms with Crippen molar-refractivity contribution in [2.45, 2.75) is 26.8 Å². The van der Waals surface area contributed by atoms with Gasteiger partial charge in [-0.15, -0.1) is 0 Å². The molecular weight excluding hydrogens is 238 g/mol. The Morgan fingerprint density at radius 2 is 2.22 bits per heavy atom. The monoisotopic (exact) mass is 255 g/mol. The minimum absolute atomic E-state index is 0.0293. The van der Waals surface area contributed by atoms with Crippen molar-refractivity contribution in [1.82, 2.24) is 15.8 Å². The summed E-state index contributed by atoms with van der Waals surface area (Å²) in [7, 11) is 0. The topological polar surface area (TPSA) is 104 Å².